The summed E-state index contributed by atoms with van der Waals surface area (Å²) >= 11 is 12.5. The van der Waals surface area contributed by atoms with E-state index in [1.54, 1.807) is 13.2 Å². The molecule has 2 aliphatic rings. The van der Waals surface area contributed by atoms with Crippen LogP contribution in [0.2, 0.25) is 10.0 Å². The maximum absolute atomic E-state index is 6.26. The van der Waals surface area contributed by atoms with Crippen molar-refractivity contribution in [1.29, 1.82) is 0 Å². The Labute approximate surface area is 191 Å². The van der Waals surface area contributed by atoms with Crippen molar-refractivity contribution >= 4 is 35.4 Å². The second-order valence-electron chi connectivity index (χ2n) is 7.67. The first kappa shape index (κ1) is 20.1. The molecule has 4 nitrogen and oxygen atoms in total. The second kappa shape index (κ2) is 8.03. The van der Waals surface area contributed by atoms with Crippen LogP contribution in [0.15, 0.2) is 76.7 Å². The van der Waals surface area contributed by atoms with E-state index >= 15 is 0 Å². The topological polar surface area (TPSA) is 37.2 Å². The molecule has 0 amide bonds. The van der Waals surface area contributed by atoms with Gasteiger partial charge < -0.3 is 9.64 Å². The number of nitrogens with zero attached hydrogens (tertiary/aromatic N) is 3. The summed E-state index contributed by atoms with van der Waals surface area (Å²) in [5.41, 5.74) is 3.39. The predicted molar refractivity (Wildman–Crippen MR) is 128 cm³/mol. The van der Waals surface area contributed by atoms with Crippen molar-refractivity contribution < 1.29 is 4.74 Å². The third kappa shape index (κ3) is 3.50. The van der Waals surface area contributed by atoms with Crippen molar-refractivity contribution in [1.82, 2.24) is 4.90 Å². The molecule has 0 saturated heterocycles. The van der Waals surface area contributed by atoms with E-state index in [2.05, 4.69) is 35.2 Å². The Morgan fingerprint density at radius 1 is 0.903 bits per heavy atom. The van der Waals surface area contributed by atoms with E-state index in [0.29, 0.717) is 10.0 Å². The smallest absolute Gasteiger partial charge is 0.170 e. The van der Waals surface area contributed by atoms with E-state index < -0.39 is 5.54 Å². The number of fused-ring (bicyclic) bond motifs is 1. The SMILES string of the molecule is COc1ccc(C2(c3cccc(-c4cc(Cl)cc(Cl)c4)c3)N=CN3CCCN=C32)cc1. The highest BCUT2D eigenvalue weighted by Crippen LogP contribution is 2.42. The molecule has 0 aliphatic carbocycles. The van der Waals surface area contributed by atoms with Crippen LogP contribution in [-0.2, 0) is 5.54 Å². The number of hydrogen-bond donors (Lipinski definition) is 0. The van der Waals surface area contributed by atoms with Gasteiger partial charge in [-0.1, -0.05) is 53.5 Å². The molecule has 2 aliphatic heterocycles. The minimum Gasteiger partial charge on any atom is -0.497 e. The van der Waals surface area contributed by atoms with Gasteiger partial charge in [-0.2, -0.15) is 0 Å². The number of aliphatic imine (C=N–C) groups is 2. The number of ether oxygens (including phenoxy) is 1. The van der Waals surface area contributed by atoms with Gasteiger partial charge in [0, 0.05) is 23.1 Å². The second-order valence-corrected chi connectivity index (χ2v) is 8.55. The van der Waals surface area contributed by atoms with Crippen LogP contribution >= 0.6 is 23.2 Å². The van der Waals surface area contributed by atoms with Crippen LogP contribution in [0.4, 0.5) is 0 Å². The summed E-state index contributed by atoms with van der Waals surface area (Å²) in [7, 11) is 1.67. The Hall–Kier alpha value is -2.82. The van der Waals surface area contributed by atoms with Gasteiger partial charge in [-0.05, 0) is 65.1 Å². The lowest BCUT2D eigenvalue weighted by Gasteiger charge is -2.33. The Kier molecular flexibility index (Phi) is 5.20. The van der Waals surface area contributed by atoms with Crippen LogP contribution in [0.1, 0.15) is 17.5 Å². The molecular formula is C25H21Cl2N3O. The summed E-state index contributed by atoms with van der Waals surface area (Å²) in [6, 6.07) is 22.0. The molecule has 0 aromatic heterocycles. The van der Waals surface area contributed by atoms with Crippen molar-refractivity contribution in [3.05, 3.63) is 87.9 Å². The lowest BCUT2D eigenvalue weighted by atomic mass is 9.81. The fraction of sp³-hybridized carbons (Fsp3) is 0.200. The fourth-order valence-electron chi connectivity index (χ4n) is 4.32. The third-order valence-corrected chi connectivity index (χ3v) is 6.23. The minimum atomic E-state index is -0.703. The number of hydrogen-bond acceptors (Lipinski definition) is 4. The zero-order valence-corrected chi connectivity index (χ0v) is 18.6. The molecule has 0 radical (unpaired) electrons. The van der Waals surface area contributed by atoms with Gasteiger partial charge in [0.1, 0.15) is 11.6 Å². The maximum atomic E-state index is 6.26. The minimum absolute atomic E-state index is 0.611. The van der Waals surface area contributed by atoms with Crippen molar-refractivity contribution in [3.8, 4) is 16.9 Å². The molecule has 31 heavy (non-hydrogen) atoms. The molecule has 3 aromatic rings. The molecule has 0 bridgehead atoms. The van der Waals surface area contributed by atoms with Crippen molar-refractivity contribution in [2.24, 2.45) is 9.98 Å². The van der Waals surface area contributed by atoms with Gasteiger partial charge in [0.2, 0.25) is 0 Å². The first-order chi connectivity index (χ1) is 15.1. The predicted octanol–water partition coefficient (Wildman–Crippen LogP) is 6.06. The Bertz CT molecular complexity index is 1170. The van der Waals surface area contributed by atoms with Crippen LogP contribution < -0.4 is 4.74 Å². The highest BCUT2D eigenvalue weighted by molar-refractivity contribution is 6.35. The van der Waals surface area contributed by atoms with Crippen molar-refractivity contribution in [2.45, 2.75) is 12.0 Å². The summed E-state index contributed by atoms with van der Waals surface area (Å²) < 4.78 is 5.37. The fourth-order valence-corrected chi connectivity index (χ4v) is 4.85. The normalized spacial score (nSPS) is 19.8. The summed E-state index contributed by atoms with van der Waals surface area (Å²) in [6.45, 7) is 1.72. The molecule has 0 saturated carbocycles. The van der Waals surface area contributed by atoms with E-state index in [-0.39, 0.29) is 0 Å². The molecule has 5 rings (SSSR count). The first-order valence-corrected chi connectivity index (χ1v) is 10.9. The zero-order chi connectivity index (χ0) is 21.4. The molecule has 6 heteroatoms. The largest absolute Gasteiger partial charge is 0.497 e. The van der Waals surface area contributed by atoms with E-state index in [9.17, 15) is 0 Å². The molecule has 1 unspecified atom stereocenters. The molecule has 2 heterocycles. The third-order valence-electron chi connectivity index (χ3n) is 5.79. The van der Waals surface area contributed by atoms with Crippen molar-refractivity contribution in [3.63, 3.8) is 0 Å². The highest BCUT2D eigenvalue weighted by atomic mass is 35.5. The monoisotopic (exact) mass is 449 g/mol. The van der Waals surface area contributed by atoms with E-state index in [1.165, 1.54) is 0 Å². The van der Waals surface area contributed by atoms with Crippen LogP contribution in [0, 0.1) is 0 Å². The highest BCUT2D eigenvalue weighted by Gasteiger charge is 2.46. The Balaban J connectivity index is 1.69. The van der Waals surface area contributed by atoms with Crippen LogP contribution in [-0.4, -0.2) is 37.3 Å². The van der Waals surface area contributed by atoms with E-state index in [0.717, 1.165) is 53.3 Å². The molecule has 0 spiro atoms. The average Bonchev–Trinajstić information content (AvgIpc) is 3.19. The quantitative estimate of drug-likeness (QED) is 0.485. The zero-order valence-electron chi connectivity index (χ0n) is 17.1. The number of amidine groups is 1. The van der Waals surface area contributed by atoms with Gasteiger partial charge in [0.25, 0.3) is 0 Å². The van der Waals surface area contributed by atoms with E-state index in [1.807, 2.05) is 36.7 Å². The van der Waals surface area contributed by atoms with E-state index in [4.69, 9.17) is 37.9 Å². The summed E-state index contributed by atoms with van der Waals surface area (Å²) in [6.07, 6.45) is 2.94. The Morgan fingerprint density at radius 3 is 2.42 bits per heavy atom. The molecule has 0 N–H and O–H groups in total. The molecule has 156 valence electrons. The van der Waals surface area contributed by atoms with Gasteiger partial charge in [-0.3, -0.25) is 9.98 Å². The first-order valence-electron chi connectivity index (χ1n) is 10.2. The maximum Gasteiger partial charge on any atom is 0.170 e. The van der Waals surface area contributed by atoms with Crippen molar-refractivity contribution in [2.75, 3.05) is 20.2 Å². The number of halogens is 2. The molecular weight excluding hydrogens is 429 g/mol. The average molecular weight is 450 g/mol. The van der Waals surface area contributed by atoms with Gasteiger partial charge in [0.15, 0.2) is 5.54 Å². The number of methoxy groups -OCH3 is 1. The van der Waals surface area contributed by atoms with Gasteiger partial charge >= 0.3 is 0 Å². The standard InChI is InChI=1S/C25H21Cl2N3O/c1-31-23-8-6-19(7-9-23)25(24-28-10-3-11-30(24)16-29-25)20-5-2-4-17(12-20)18-13-21(26)15-22(27)14-18/h2,4-9,12-16H,3,10-11H2,1H3. The van der Waals surface area contributed by atoms with Gasteiger partial charge in [0.05, 0.1) is 13.4 Å². The molecule has 3 aromatic carbocycles. The summed E-state index contributed by atoms with van der Waals surface area (Å²) in [4.78, 5) is 12.1. The molecule has 0 fully saturated rings. The Morgan fingerprint density at radius 2 is 1.68 bits per heavy atom. The summed E-state index contributed by atoms with van der Waals surface area (Å²) in [5, 5.41) is 1.22. The van der Waals surface area contributed by atoms with Gasteiger partial charge in [-0.25, -0.2) is 0 Å². The van der Waals surface area contributed by atoms with Crippen LogP contribution in [0.5, 0.6) is 5.75 Å². The van der Waals surface area contributed by atoms with Crippen LogP contribution in [0.3, 0.4) is 0 Å². The lowest BCUT2D eigenvalue weighted by Crippen LogP contribution is -2.43. The lowest BCUT2D eigenvalue weighted by molar-refractivity contribution is 0.414. The molecule has 1 atom stereocenters. The van der Waals surface area contributed by atoms with Gasteiger partial charge in [-0.15, -0.1) is 0 Å². The van der Waals surface area contributed by atoms with Crippen LogP contribution in [0.25, 0.3) is 11.1 Å². The number of rotatable bonds is 4. The summed E-state index contributed by atoms with van der Waals surface area (Å²) in [5.74, 6) is 1.77. The number of benzene rings is 3.